The van der Waals surface area contributed by atoms with Crippen LogP contribution in [-0.4, -0.2) is 4.92 Å². The Bertz CT molecular complexity index is 572. The summed E-state index contributed by atoms with van der Waals surface area (Å²) in [5, 5.41) is 10.6. The highest BCUT2D eigenvalue weighted by molar-refractivity contribution is 5.36. The quantitative estimate of drug-likeness (QED) is 0.611. The van der Waals surface area contributed by atoms with Crippen molar-refractivity contribution in [3.63, 3.8) is 0 Å². The highest BCUT2D eigenvalue weighted by Gasteiger charge is 2.16. The second-order valence-electron chi connectivity index (χ2n) is 3.99. The fourth-order valence-corrected chi connectivity index (χ4v) is 1.67. The molecule has 0 saturated heterocycles. The van der Waals surface area contributed by atoms with Crippen LogP contribution in [0.3, 0.4) is 0 Å². The van der Waals surface area contributed by atoms with Gasteiger partial charge in [-0.25, -0.2) is 0 Å². The number of nitrogens with zero attached hydrogens (tertiary/aromatic N) is 1. The minimum Gasteiger partial charge on any atom is -0.372 e. The van der Waals surface area contributed by atoms with E-state index in [1.165, 1.54) is 12.1 Å². The Morgan fingerprint density at radius 2 is 1.79 bits per heavy atom. The van der Waals surface area contributed by atoms with E-state index in [0.29, 0.717) is 6.61 Å². The number of halogens is 1. The van der Waals surface area contributed by atoms with Crippen molar-refractivity contribution in [1.82, 2.24) is 0 Å². The molecule has 0 saturated carbocycles. The van der Waals surface area contributed by atoms with Gasteiger partial charge in [0.2, 0.25) is 5.82 Å². The molecule has 0 unspecified atom stereocenters. The normalized spacial score (nSPS) is 10.4. The van der Waals surface area contributed by atoms with E-state index in [9.17, 15) is 14.5 Å². The van der Waals surface area contributed by atoms with Crippen molar-refractivity contribution in [1.29, 1.82) is 0 Å². The van der Waals surface area contributed by atoms with Gasteiger partial charge in [0, 0.05) is 11.6 Å². The van der Waals surface area contributed by atoms with Crippen molar-refractivity contribution in [2.24, 2.45) is 0 Å². The van der Waals surface area contributed by atoms with Crippen LogP contribution in [0.5, 0.6) is 0 Å². The van der Waals surface area contributed by atoms with Gasteiger partial charge < -0.3 is 4.74 Å². The van der Waals surface area contributed by atoms with E-state index in [0.717, 1.165) is 11.6 Å². The Morgan fingerprint density at radius 3 is 2.47 bits per heavy atom. The van der Waals surface area contributed by atoms with Crippen LogP contribution in [0.1, 0.15) is 11.1 Å². The van der Waals surface area contributed by atoms with Crippen molar-refractivity contribution < 1.29 is 14.1 Å². The molecule has 4 nitrogen and oxygen atoms in total. The number of rotatable bonds is 5. The zero-order chi connectivity index (χ0) is 13.7. The first-order valence-corrected chi connectivity index (χ1v) is 5.72. The van der Waals surface area contributed by atoms with Crippen LogP contribution >= 0.6 is 0 Å². The standard InChI is InChI=1S/C14H12FNO3/c15-14-12(7-4-8-13(14)16(17)18)10-19-9-11-5-2-1-3-6-11/h1-8H,9-10H2. The molecule has 0 N–H and O–H groups in total. The summed E-state index contributed by atoms with van der Waals surface area (Å²) in [4.78, 5) is 9.85. The molecule has 0 bridgehead atoms. The number of nitro groups is 1. The maximum absolute atomic E-state index is 13.7. The van der Waals surface area contributed by atoms with Crippen LogP contribution < -0.4 is 0 Å². The zero-order valence-corrected chi connectivity index (χ0v) is 10.1. The van der Waals surface area contributed by atoms with Gasteiger partial charge in [-0.2, -0.15) is 4.39 Å². The number of ether oxygens (including phenoxy) is 1. The Kier molecular flexibility index (Phi) is 4.20. The van der Waals surface area contributed by atoms with Crippen LogP contribution in [-0.2, 0) is 18.0 Å². The van der Waals surface area contributed by atoms with E-state index in [1.54, 1.807) is 0 Å². The van der Waals surface area contributed by atoms with Crippen molar-refractivity contribution >= 4 is 5.69 Å². The van der Waals surface area contributed by atoms with Crippen LogP contribution in [0.2, 0.25) is 0 Å². The van der Waals surface area contributed by atoms with E-state index in [2.05, 4.69) is 0 Å². The van der Waals surface area contributed by atoms with E-state index in [1.807, 2.05) is 30.3 Å². The summed E-state index contributed by atoms with van der Waals surface area (Å²) >= 11 is 0. The average molecular weight is 261 g/mol. The maximum Gasteiger partial charge on any atom is 0.305 e. The summed E-state index contributed by atoms with van der Waals surface area (Å²) in [6.07, 6.45) is 0. The molecule has 5 heteroatoms. The number of hydrogen-bond acceptors (Lipinski definition) is 3. The topological polar surface area (TPSA) is 52.4 Å². The molecule has 0 atom stereocenters. The molecule has 2 rings (SSSR count). The zero-order valence-electron chi connectivity index (χ0n) is 10.1. The predicted molar refractivity (Wildman–Crippen MR) is 68.0 cm³/mol. The van der Waals surface area contributed by atoms with Gasteiger partial charge in [-0.05, 0) is 5.56 Å². The van der Waals surface area contributed by atoms with E-state index < -0.39 is 16.4 Å². The summed E-state index contributed by atoms with van der Waals surface area (Å²) in [5.41, 5.74) is 0.624. The number of nitro benzene ring substituents is 1. The van der Waals surface area contributed by atoms with Gasteiger partial charge in [0.05, 0.1) is 18.1 Å². The minimum atomic E-state index is -0.833. The maximum atomic E-state index is 13.7. The summed E-state index contributed by atoms with van der Waals surface area (Å²) in [6.45, 7) is 0.339. The molecule has 0 radical (unpaired) electrons. The molecule has 0 heterocycles. The van der Waals surface area contributed by atoms with Gasteiger partial charge in [0.15, 0.2) is 0 Å². The lowest BCUT2D eigenvalue weighted by molar-refractivity contribution is -0.387. The molecule has 2 aromatic rings. The highest BCUT2D eigenvalue weighted by atomic mass is 19.1. The monoisotopic (exact) mass is 261 g/mol. The molecule has 0 aliphatic heterocycles. The highest BCUT2D eigenvalue weighted by Crippen LogP contribution is 2.20. The Labute approximate surface area is 109 Å². The number of benzene rings is 2. The fourth-order valence-electron chi connectivity index (χ4n) is 1.67. The van der Waals surface area contributed by atoms with Gasteiger partial charge in [-0.1, -0.05) is 42.5 Å². The molecular formula is C14H12FNO3. The second kappa shape index (κ2) is 6.06. The predicted octanol–water partition coefficient (Wildman–Crippen LogP) is 3.45. The van der Waals surface area contributed by atoms with Crippen molar-refractivity contribution in [3.05, 3.63) is 75.6 Å². The first kappa shape index (κ1) is 13.2. The first-order valence-electron chi connectivity index (χ1n) is 5.72. The molecule has 0 aliphatic rings. The van der Waals surface area contributed by atoms with Crippen molar-refractivity contribution in [2.75, 3.05) is 0 Å². The first-order chi connectivity index (χ1) is 9.18. The summed E-state index contributed by atoms with van der Waals surface area (Å²) in [6, 6.07) is 13.5. The molecule has 0 amide bonds. The van der Waals surface area contributed by atoms with Crippen LogP contribution in [0.25, 0.3) is 0 Å². The average Bonchev–Trinajstić information content (AvgIpc) is 2.41. The summed E-state index contributed by atoms with van der Waals surface area (Å²) in [5.74, 6) is -0.833. The van der Waals surface area contributed by atoms with Gasteiger partial charge in [0.1, 0.15) is 0 Å². The molecule has 19 heavy (non-hydrogen) atoms. The SMILES string of the molecule is O=[N+]([O-])c1cccc(COCc2ccccc2)c1F. The lowest BCUT2D eigenvalue weighted by atomic mass is 10.2. The fraction of sp³-hybridized carbons (Fsp3) is 0.143. The Hall–Kier alpha value is -2.27. The largest absolute Gasteiger partial charge is 0.372 e. The lowest BCUT2D eigenvalue weighted by Crippen LogP contribution is -2.00. The Morgan fingerprint density at radius 1 is 1.05 bits per heavy atom. The third kappa shape index (κ3) is 3.35. The Balaban J connectivity index is 2.00. The van der Waals surface area contributed by atoms with Crippen LogP contribution in [0, 0.1) is 15.9 Å². The third-order valence-corrected chi connectivity index (χ3v) is 2.62. The summed E-state index contributed by atoms with van der Waals surface area (Å²) in [7, 11) is 0. The van der Waals surface area contributed by atoms with Gasteiger partial charge >= 0.3 is 5.69 Å². The molecular weight excluding hydrogens is 249 g/mol. The minimum absolute atomic E-state index is 0.00239. The molecule has 2 aromatic carbocycles. The van der Waals surface area contributed by atoms with Crippen molar-refractivity contribution in [3.8, 4) is 0 Å². The second-order valence-corrected chi connectivity index (χ2v) is 3.99. The molecule has 98 valence electrons. The van der Waals surface area contributed by atoms with E-state index in [4.69, 9.17) is 4.74 Å². The summed E-state index contributed by atoms with van der Waals surface area (Å²) < 4.78 is 19.1. The number of hydrogen-bond donors (Lipinski definition) is 0. The smallest absolute Gasteiger partial charge is 0.305 e. The van der Waals surface area contributed by atoms with Crippen LogP contribution in [0.4, 0.5) is 10.1 Å². The van der Waals surface area contributed by atoms with Crippen LogP contribution in [0.15, 0.2) is 48.5 Å². The molecule has 0 spiro atoms. The third-order valence-electron chi connectivity index (χ3n) is 2.62. The van der Waals surface area contributed by atoms with E-state index >= 15 is 0 Å². The molecule has 0 aromatic heterocycles. The lowest BCUT2D eigenvalue weighted by Gasteiger charge is -2.05. The molecule has 0 aliphatic carbocycles. The van der Waals surface area contributed by atoms with Gasteiger partial charge in [0.25, 0.3) is 0 Å². The van der Waals surface area contributed by atoms with Gasteiger partial charge in [-0.3, -0.25) is 10.1 Å². The molecule has 0 fully saturated rings. The van der Waals surface area contributed by atoms with E-state index in [-0.39, 0.29) is 12.2 Å². The van der Waals surface area contributed by atoms with Crippen molar-refractivity contribution in [2.45, 2.75) is 13.2 Å². The van der Waals surface area contributed by atoms with Gasteiger partial charge in [-0.15, -0.1) is 0 Å².